The van der Waals surface area contributed by atoms with E-state index in [4.69, 9.17) is 0 Å². The highest BCUT2D eigenvalue weighted by molar-refractivity contribution is 7.92. The number of benzene rings is 2. The highest BCUT2D eigenvalue weighted by atomic mass is 32.2. The van der Waals surface area contributed by atoms with Gasteiger partial charge in [-0.1, -0.05) is 30.3 Å². The van der Waals surface area contributed by atoms with Gasteiger partial charge in [-0.25, -0.2) is 13.4 Å². The van der Waals surface area contributed by atoms with Gasteiger partial charge in [0.1, 0.15) is 0 Å². The first-order valence-corrected chi connectivity index (χ1v) is 7.68. The minimum atomic E-state index is -3.31. The Morgan fingerprint density at radius 2 is 1.74 bits per heavy atom. The number of anilines is 1. The minimum absolute atomic E-state index is 0.505. The molecule has 0 atom stereocenters. The molecule has 1 aromatic heterocycles. The predicted octanol–water partition coefficient (Wildman–Crippen LogP) is 2.76. The van der Waals surface area contributed by atoms with Crippen LogP contribution in [0.3, 0.4) is 0 Å². The third-order valence-electron chi connectivity index (χ3n) is 2.84. The quantitative estimate of drug-likeness (QED) is 0.730. The number of pyridine rings is 1. The van der Waals surface area contributed by atoms with Crippen LogP contribution in [0.2, 0.25) is 0 Å². The zero-order valence-electron chi connectivity index (χ0n) is 10.3. The van der Waals surface area contributed by atoms with E-state index >= 15 is 0 Å². The molecule has 1 N–H and O–H groups in total. The van der Waals surface area contributed by atoms with Gasteiger partial charge in [-0.15, -0.1) is 0 Å². The predicted molar refractivity (Wildman–Crippen MR) is 77.7 cm³/mol. The van der Waals surface area contributed by atoms with E-state index in [2.05, 4.69) is 9.71 Å². The molecule has 0 fully saturated rings. The van der Waals surface area contributed by atoms with E-state index in [1.807, 2.05) is 42.5 Å². The first kappa shape index (κ1) is 11.9. The van der Waals surface area contributed by atoms with Crippen LogP contribution in [0.25, 0.3) is 21.8 Å². The zero-order valence-corrected chi connectivity index (χ0v) is 11.1. The third kappa shape index (κ3) is 2.37. The van der Waals surface area contributed by atoms with Gasteiger partial charge in [0.2, 0.25) is 10.0 Å². The van der Waals surface area contributed by atoms with Crippen molar-refractivity contribution in [3.05, 3.63) is 48.5 Å². The van der Waals surface area contributed by atoms with Crippen molar-refractivity contribution in [3.8, 4) is 0 Å². The van der Waals surface area contributed by atoms with E-state index in [1.165, 1.54) is 0 Å². The first-order valence-electron chi connectivity index (χ1n) is 5.79. The molecule has 4 nitrogen and oxygen atoms in total. The molecular weight excluding hydrogens is 260 g/mol. The standard InChI is InChI=1S/C14H12N2O2S/c1-19(17,18)16-13-8-4-6-11-9-10-5-2-3-7-12(10)15-14(11)13/h2-9,16H,1H3. The van der Waals surface area contributed by atoms with Gasteiger partial charge in [0.25, 0.3) is 0 Å². The molecule has 5 heteroatoms. The molecular formula is C14H12N2O2S. The lowest BCUT2D eigenvalue weighted by molar-refractivity contribution is 0.607. The Morgan fingerprint density at radius 3 is 2.53 bits per heavy atom. The number of hydrogen-bond donors (Lipinski definition) is 1. The topological polar surface area (TPSA) is 59.1 Å². The molecule has 0 bridgehead atoms. The van der Waals surface area contributed by atoms with E-state index in [0.29, 0.717) is 11.2 Å². The SMILES string of the molecule is CS(=O)(=O)Nc1cccc2cc3ccccc3nc12. The molecule has 96 valence electrons. The summed E-state index contributed by atoms with van der Waals surface area (Å²) in [5.41, 5.74) is 2.01. The number of sulfonamides is 1. The van der Waals surface area contributed by atoms with Gasteiger partial charge in [0.05, 0.1) is 23.0 Å². The summed E-state index contributed by atoms with van der Waals surface area (Å²) in [6.07, 6.45) is 1.13. The van der Waals surface area contributed by atoms with Gasteiger partial charge >= 0.3 is 0 Å². The van der Waals surface area contributed by atoms with Crippen LogP contribution in [0.15, 0.2) is 48.5 Å². The average Bonchev–Trinajstić information content (AvgIpc) is 2.35. The van der Waals surface area contributed by atoms with Crippen molar-refractivity contribution in [3.63, 3.8) is 0 Å². The second-order valence-corrected chi connectivity index (χ2v) is 6.18. The van der Waals surface area contributed by atoms with E-state index in [-0.39, 0.29) is 0 Å². The van der Waals surface area contributed by atoms with Gasteiger partial charge in [0.15, 0.2) is 0 Å². The lowest BCUT2D eigenvalue weighted by Crippen LogP contribution is -2.10. The Hall–Kier alpha value is -2.14. The maximum Gasteiger partial charge on any atom is 0.229 e. The van der Waals surface area contributed by atoms with Gasteiger partial charge in [-0.05, 0) is 18.2 Å². The highest BCUT2D eigenvalue weighted by Crippen LogP contribution is 2.25. The second kappa shape index (κ2) is 4.20. The Labute approximate surface area is 111 Å². The lowest BCUT2D eigenvalue weighted by atomic mass is 10.1. The monoisotopic (exact) mass is 272 g/mol. The van der Waals surface area contributed by atoms with Gasteiger partial charge < -0.3 is 0 Å². The molecule has 2 aromatic carbocycles. The van der Waals surface area contributed by atoms with E-state index < -0.39 is 10.0 Å². The molecule has 19 heavy (non-hydrogen) atoms. The highest BCUT2D eigenvalue weighted by Gasteiger charge is 2.08. The fraction of sp³-hybridized carbons (Fsp3) is 0.0714. The van der Waals surface area contributed by atoms with E-state index in [0.717, 1.165) is 22.5 Å². The zero-order chi connectivity index (χ0) is 13.5. The van der Waals surface area contributed by atoms with Crippen molar-refractivity contribution in [2.45, 2.75) is 0 Å². The Kier molecular flexibility index (Phi) is 2.64. The van der Waals surface area contributed by atoms with Crippen LogP contribution < -0.4 is 4.72 Å². The largest absolute Gasteiger partial charge is 0.282 e. The van der Waals surface area contributed by atoms with Crippen LogP contribution >= 0.6 is 0 Å². The number of hydrogen-bond acceptors (Lipinski definition) is 3. The Balaban J connectivity index is 2.32. The molecule has 0 spiro atoms. The van der Waals surface area contributed by atoms with Crippen molar-refractivity contribution >= 4 is 37.5 Å². The molecule has 0 amide bonds. The number of nitrogens with zero attached hydrogens (tertiary/aromatic N) is 1. The van der Waals surface area contributed by atoms with Crippen molar-refractivity contribution in [1.29, 1.82) is 0 Å². The molecule has 0 aliphatic carbocycles. The molecule has 0 saturated heterocycles. The van der Waals surface area contributed by atoms with E-state index in [9.17, 15) is 8.42 Å². The molecule has 0 unspecified atom stereocenters. The maximum absolute atomic E-state index is 11.4. The van der Waals surface area contributed by atoms with Gasteiger partial charge in [-0.3, -0.25) is 4.72 Å². The number of rotatable bonds is 2. The van der Waals surface area contributed by atoms with Crippen molar-refractivity contribution in [2.24, 2.45) is 0 Å². The summed E-state index contributed by atoms with van der Waals surface area (Å²) in [4.78, 5) is 4.53. The van der Waals surface area contributed by atoms with Crippen LogP contribution in [0, 0.1) is 0 Å². The first-order chi connectivity index (χ1) is 9.03. The summed E-state index contributed by atoms with van der Waals surface area (Å²) in [6.45, 7) is 0. The number of nitrogens with one attached hydrogen (secondary N) is 1. The summed E-state index contributed by atoms with van der Waals surface area (Å²) in [5, 5.41) is 1.94. The van der Waals surface area contributed by atoms with E-state index in [1.54, 1.807) is 6.07 Å². The van der Waals surface area contributed by atoms with Crippen molar-refractivity contribution < 1.29 is 8.42 Å². The number of aromatic nitrogens is 1. The Morgan fingerprint density at radius 1 is 1.00 bits per heavy atom. The van der Waals surface area contributed by atoms with Gasteiger partial charge in [-0.2, -0.15) is 0 Å². The van der Waals surface area contributed by atoms with Crippen molar-refractivity contribution in [1.82, 2.24) is 4.98 Å². The number of para-hydroxylation sites is 2. The van der Waals surface area contributed by atoms with Crippen LogP contribution in [0.1, 0.15) is 0 Å². The van der Waals surface area contributed by atoms with Crippen LogP contribution in [-0.4, -0.2) is 19.7 Å². The molecule has 1 heterocycles. The van der Waals surface area contributed by atoms with Crippen molar-refractivity contribution in [2.75, 3.05) is 11.0 Å². The van der Waals surface area contributed by atoms with Crippen LogP contribution in [-0.2, 0) is 10.0 Å². The van der Waals surface area contributed by atoms with Gasteiger partial charge in [0, 0.05) is 10.8 Å². The third-order valence-corrected chi connectivity index (χ3v) is 3.43. The van der Waals surface area contributed by atoms with Crippen LogP contribution in [0.4, 0.5) is 5.69 Å². The summed E-state index contributed by atoms with van der Waals surface area (Å²) < 4.78 is 25.2. The molecule has 3 aromatic rings. The smallest absolute Gasteiger partial charge is 0.229 e. The fourth-order valence-corrected chi connectivity index (χ4v) is 2.65. The molecule has 0 saturated carbocycles. The maximum atomic E-state index is 11.4. The minimum Gasteiger partial charge on any atom is -0.282 e. The normalized spacial score (nSPS) is 11.8. The second-order valence-electron chi connectivity index (χ2n) is 4.43. The summed E-state index contributed by atoms with van der Waals surface area (Å²) >= 11 is 0. The molecule has 0 radical (unpaired) electrons. The number of fused-ring (bicyclic) bond motifs is 2. The Bertz CT molecular complexity index is 873. The molecule has 0 aliphatic heterocycles. The average molecular weight is 272 g/mol. The summed E-state index contributed by atoms with van der Waals surface area (Å²) in [6, 6.07) is 15.2. The molecule has 3 rings (SSSR count). The lowest BCUT2D eigenvalue weighted by Gasteiger charge is -2.08. The summed E-state index contributed by atoms with van der Waals surface area (Å²) in [7, 11) is -3.31. The fourth-order valence-electron chi connectivity index (χ4n) is 2.08. The molecule has 0 aliphatic rings. The van der Waals surface area contributed by atoms with Crippen LogP contribution in [0.5, 0.6) is 0 Å². The summed E-state index contributed by atoms with van der Waals surface area (Å²) in [5.74, 6) is 0.